The van der Waals surface area contributed by atoms with Crippen LogP contribution in [0.3, 0.4) is 0 Å². The molecule has 0 bridgehead atoms. The van der Waals surface area contributed by atoms with E-state index in [4.69, 9.17) is 0 Å². The fourth-order valence-electron chi connectivity index (χ4n) is 2.61. The summed E-state index contributed by atoms with van der Waals surface area (Å²) in [6.07, 6.45) is 13.6. The zero-order valence-corrected chi connectivity index (χ0v) is 11.5. The molecule has 2 rings (SSSR count). The van der Waals surface area contributed by atoms with E-state index in [1.165, 1.54) is 59.2 Å². The van der Waals surface area contributed by atoms with Crippen LogP contribution in [0.5, 0.6) is 0 Å². The molecule has 1 aromatic heterocycles. The number of rotatable bonds is 1. The molecule has 0 radical (unpaired) electrons. The minimum absolute atomic E-state index is 0.485. The molecule has 0 aromatic carbocycles. The molecule has 1 fully saturated rings. The van der Waals surface area contributed by atoms with Gasteiger partial charge in [0.15, 0.2) is 0 Å². The van der Waals surface area contributed by atoms with E-state index in [1.54, 1.807) is 5.30 Å². The molecule has 0 saturated heterocycles. The summed E-state index contributed by atoms with van der Waals surface area (Å²) in [5, 5.41) is 1.63. The van der Waals surface area contributed by atoms with Gasteiger partial charge in [-0.15, -0.1) is 0 Å². The lowest BCUT2D eigenvalue weighted by molar-refractivity contribution is 0.388. The topological polar surface area (TPSA) is 12.9 Å². The second kappa shape index (κ2) is 5.46. The van der Waals surface area contributed by atoms with E-state index in [1.807, 2.05) is 0 Å². The standard InChI is InChI=1S/C12H21NP2/c1-12(11-10-13-15-14-11)8-6-4-2-3-5-7-9-12/h10,15H,2-9H2,1H3. The maximum Gasteiger partial charge on any atom is 0.0397 e. The molecule has 0 N–H and O–H groups in total. The lowest BCUT2D eigenvalue weighted by atomic mass is 9.79. The summed E-state index contributed by atoms with van der Waals surface area (Å²) in [5.41, 5.74) is 0.485. The summed E-state index contributed by atoms with van der Waals surface area (Å²) in [5.74, 6) is 0. The van der Waals surface area contributed by atoms with Gasteiger partial charge in [-0.25, -0.2) is 4.75 Å². The quantitative estimate of drug-likeness (QED) is 0.667. The molecule has 3 heteroatoms. The second-order valence-electron chi connectivity index (χ2n) is 5.04. The van der Waals surface area contributed by atoms with Crippen molar-refractivity contribution in [1.29, 1.82) is 0 Å². The fourth-order valence-corrected chi connectivity index (χ4v) is 5.33. The van der Waals surface area contributed by atoms with E-state index >= 15 is 0 Å². The van der Waals surface area contributed by atoms with E-state index in [0.717, 1.165) is 8.03 Å². The van der Waals surface area contributed by atoms with Crippen LogP contribution in [-0.4, -0.2) is 4.75 Å². The first kappa shape index (κ1) is 11.6. The Labute approximate surface area is 96.2 Å². The van der Waals surface area contributed by atoms with Crippen LogP contribution >= 0.6 is 15.9 Å². The maximum absolute atomic E-state index is 4.42. The van der Waals surface area contributed by atoms with Crippen molar-refractivity contribution in [2.75, 3.05) is 0 Å². The first-order valence-corrected chi connectivity index (χ1v) is 8.86. The molecular weight excluding hydrogens is 220 g/mol. The third-order valence-electron chi connectivity index (χ3n) is 3.74. The van der Waals surface area contributed by atoms with Gasteiger partial charge in [0.05, 0.1) is 0 Å². The maximum atomic E-state index is 4.42. The fraction of sp³-hybridized carbons (Fsp3) is 0.833. The van der Waals surface area contributed by atoms with Gasteiger partial charge in [-0.05, 0) is 34.2 Å². The Morgan fingerprint density at radius 3 is 2.27 bits per heavy atom. The summed E-state index contributed by atoms with van der Waals surface area (Å²) < 4.78 is 4.42. The van der Waals surface area contributed by atoms with Gasteiger partial charge >= 0.3 is 0 Å². The van der Waals surface area contributed by atoms with Crippen LogP contribution in [0, 0.1) is 0 Å². The largest absolute Gasteiger partial charge is 0.244 e. The van der Waals surface area contributed by atoms with E-state index in [2.05, 4.69) is 17.9 Å². The van der Waals surface area contributed by atoms with Crippen LogP contribution in [0.25, 0.3) is 0 Å². The van der Waals surface area contributed by atoms with Crippen LogP contribution in [0.4, 0.5) is 0 Å². The van der Waals surface area contributed by atoms with E-state index < -0.39 is 0 Å². The summed E-state index contributed by atoms with van der Waals surface area (Å²) in [6, 6.07) is 0. The Kier molecular flexibility index (Phi) is 4.23. The Morgan fingerprint density at radius 2 is 1.73 bits per heavy atom. The smallest absolute Gasteiger partial charge is 0.0397 e. The van der Waals surface area contributed by atoms with Gasteiger partial charge in [-0.3, -0.25) is 0 Å². The van der Waals surface area contributed by atoms with Crippen molar-refractivity contribution in [3.8, 4) is 0 Å². The molecule has 0 aliphatic heterocycles. The molecule has 1 saturated carbocycles. The van der Waals surface area contributed by atoms with Crippen molar-refractivity contribution in [2.24, 2.45) is 0 Å². The molecule has 0 amide bonds. The van der Waals surface area contributed by atoms with E-state index in [-0.39, 0.29) is 0 Å². The zero-order valence-electron chi connectivity index (χ0n) is 9.63. The zero-order chi connectivity index (χ0) is 10.6. The highest BCUT2D eigenvalue weighted by molar-refractivity contribution is 7.89. The molecule has 1 nitrogen and oxygen atoms in total. The Morgan fingerprint density at radius 1 is 1.13 bits per heavy atom. The van der Waals surface area contributed by atoms with Crippen molar-refractivity contribution < 1.29 is 0 Å². The molecule has 15 heavy (non-hydrogen) atoms. The number of nitrogens with zero attached hydrogens (tertiary/aromatic N) is 1. The highest BCUT2D eigenvalue weighted by Crippen LogP contribution is 2.42. The highest BCUT2D eigenvalue weighted by atomic mass is 31.8. The minimum atomic E-state index is 0.485. The van der Waals surface area contributed by atoms with Crippen LogP contribution in [-0.2, 0) is 5.41 Å². The predicted molar refractivity (Wildman–Crippen MR) is 70.5 cm³/mol. The SMILES string of the molecule is CC1(c2cn[pH]p2)CCCCCCCC1. The number of aromatic nitrogens is 1. The first-order chi connectivity index (χ1) is 7.31. The van der Waals surface area contributed by atoms with Crippen LogP contribution in [0.2, 0.25) is 0 Å². The molecule has 1 unspecified atom stereocenters. The molecule has 84 valence electrons. The average molecular weight is 241 g/mol. The molecular formula is C12H21NP2. The highest BCUT2D eigenvalue weighted by Gasteiger charge is 2.27. The summed E-state index contributed by atoms with van der Waals surface area (Å²) >= 11 is 0. The van der Waals surface area contributed by atoms with E-state index in [9.17, 15) is 0 Å². The molecule has 0 spiro atoms. The van der Waals surface area contributed by atoms with Crippen LogP contribution in [0.15, 0.2) is 6.20 Å². The number of hydrogen-bond donors (Lipinski definition) is 0. The van der Waals surface area contributed by atoms with Crippen molar-refractivity contribution in [2.45, 2.75) is 63.7 Å². The van der Waals surface area contributed by atoms with Crippen molar-refractivity contribution in [3.63, 3.8) is 0 Å². The lowest BCUT2D eigenvalue weighted by Crippen LogP contribution is -2.20. The minimum Gasteiger partial charge on any atom is -0.244 e. The van der Waals surface area contributed by atoms with Gasteiger partial charge in [0, 0.05) is 11.5 Å². The predicted octanol–water partition coefficient (Wildman–Crippen LogP) is 5.09. The molecule has 1 atom stereocenters. The van der Waals surface area contributed by atoms with Gasteiger partial charge < -0.3 is 0 Å². The average Bonchev–Trinajstić information content (AvgIpc) is 2.75. The lowest BCUT2D eigenvalue weighted by Gasteiger charge is -2.28. The van der Waals surface area contributed by atoms with Gasteiger partial charge in [0.2, 0.25) is 0 Å². The van der Waals surface area contributed by atoms with Crippen molar-refractivity contribution in [3.05, 3.63) is 11.5 Å². The third kappa shape index (κ3) is 3.05. The van der Waals surface area contributed by atoms with Crippen LogP contribution in [0.1, 0.15) is 63.6 Å². The van der Waals surface area contributed by atoms with E-state index in [0.29, 0.717) is 5.41 Å². The second-order valence-corrected chi connectivity index (χ2v) is 7.47. The van der Waals surface area contributed by atoms with Gasteiger partial charge in [0.25, 0.3) is 0 Å². The Bertz CT molecular complexity index is 272. The van der Waals surface area contributed by atoms with Gasteiger partial charge in [0.1, 0.15) is 0 Å². The Hall–Kier alpha value is 0.140. The molecule has 1 heterocycles. The third-order valence-corrected chi connectivity index (χ3v) is 6.35. The summed E-state index contributed by atoms with van der Waals surface area (Å²) in [4.78, 5) is 0. The normalized spacial score (nSPS) is 23.8. The molecule has 1 aliphatic rings. The number of hydrogen-bond acceptors (Lipinski definition) is 1. The first-order valence-electron chi connectivity index (χ1n) is 6.17. The summed E-state index contributed by atoms with van der Waals surface area (Å²) in [6.45, 7) is 2.47. The summed E-state index contributed by atoms with van der Waals surface area (Å²) in [7, 11) is 2.30. The van der Waals surface area contributed by atoms with Gasteiger partial charge in [-0.1, -0.05) is 45.4 Å². The van der Waals surface area contributed by atoms with Crippen LogP contribution < -0.4 is 0 Å². The molecule has 1 aromatic rings. The Balaban J connectivity index is 2.09. The monoisotopic (exact) mass is 241 g/mol. The van der Waals surface area contributed by atoms with Crippen molar-refractivity contribution in [1.82, 2.24) is 4.75 Å². The van der Waals surface area contributed by atoms with Crippen molar-refractivity contribution >= 4 is 15.9 Å². The van der Waals surface area contributed by atoms with Gasteiger partial charge in [-0.2, -0.15) is 0 Å². The molecule has 1 aliphatic carbocycles.